The Hall–Kier alpha value is -2.77. The van der Waals surface area contributed by atoms with Crippen molar-refractivity contribution >= 4 is 11.6 Å². The first-order valence-electron chi connectivity index (χ1n) is 6.92. The Morgan fingerprint density at radius 3 is 2.74 bits per heavy atom. The molecule has 2 aromatic heterocycles. The minimum Gasteiger partial charge on any atom is -0.495 e. The molecule has 4 nitrogen and oxygen atoms in total. The first-order chi connectivity index (χ1) is 11.2. The molecular formula is C18H13ClN2O2. The summed E-state index contributed by atoms with van der Waals surface area (Å²) in [6.07, 6.45) is 1.70. The molecule has 5 heteroatoms. The number of rotatable bonds is 2. The van der Waals surface area contributed by atoms with Gasteiger partial charge in [0.05, 0.1) is 17.7 Å². The second-order valence-electron chi connectivity index (χ2n) is 4.78. The van der Waals surface area contributed by atoms with E-state index in [2.05, 4.69) is 22.0 Å². The maximum atomic E-state index is 6.18. The predicted octanol–water partition coefficient (Wildman–Crippen LogP) is 4.11. The van der Waals surface area contributed by atoms with Gasteiger partial charge >= 0.3 is 0 Å². The zero-order valence-corrected chi connectivity index (χ0v) is 13.4. The van der Waals surface area contributed by atoms with Gasteiger partial charge in [-0.1, -0.05) is 28.7 Å². The molecule has 114 valence electrons. The molecule has 0 unspecified atom stereocenters. The summed E-state index contributed by atoms with van der Waals surface area (Å²) in [4.78, 5) is 4.18. The average Bonchev–Trinajstić information content (AvgIpc) is 2.94. The number of hydrogen-bond donors (Lipinski definition) is 0. The Morgan fingerprint density at radius 1 is 1.17 bits per heavy atom. The Morgan fingerprint density at radius 2 is 2.04 bits per heavy atom. The van der Waals surface area contributed by atoms with Crippen LogP contribution in [0.4, 0.5) is 0 Å². The van der Waals surface area contributed by atoms with Crippen molar-refractivity contribution in [3.8, 4) is 28.8 Å². The largest absolute Gasteiger partial charge is 0.495 e. The molecule has 0 aliphatic rings. The van der Waals surface area contributed by atoms with Crippen LogP contribution >= 0.6 is 11.6 Å². The number of methoxy groups -OCH3 is 1. The fraction of sp³-hybridized carbons (Fsp3) is 0.111. The summed E-state index contributed by atoms with van der Waals surface area (Å²) in [5.41, 5.74) is 2.87. The zero-order valence-electron chi connectivity index (χ0n) is 12.6. The molecule has 0 aliphatic heterocycles. The van der Waals surface area contributed by atoms with E-state index in [1.54, 1.807) is 25.4 Å². The van der Waals surface area contributed by atoms with E-state index in [-0.39, 0.29) is 0 Å². The maximum absolute atomic E-state index is 6.18. The lowest BCUT2D eigenvalue weighted by atomic mass is 10.1. The molecule has 3 aromatic rings. The standard InChI is InChI=1S/C18H13ClN2O2/c1-12-15(8-7-14-5-3-4-10-20-14)18(21-23-12)13-6-9-17(22-2)16(19)11-13/h3-6,9-11H,1-2H3. The average molecular weight is 325 g/mol. The lowest BCUT2D eigenvalue weighted by Gasteiger charge is -2.04. The predicted molar refractivity (Wildman–Crippen MR) is 88.5 cm³/mol. The third kappa shape index (κ3) is 3.20. The van der Waals surface area contributed by atoms with Crippen LogP contribution in [0.3, 0.4) is 0 Å². The van der Waals surface area contributed by atoms with Crippen LogP contribution in [0.2, 0.25) is 5.02 Å². The highest BCUT2D eigenvalue weighted by atomic mass is 35.5. The van der Waals surface area contributed by atoms with Crippen LogP contribution in [0, 0.1) is 18.8 Å². The highest BCUT2D eigenvalue weighted by molar-refractivity contribution is 6.32. The van der Waals surface area contributed by atoms with Crippen molar-refractivity contribution in [3.05, 3.63) is 64.6 Å². The Balaban J connectivity index is 2.03. The van der Waals surface area contributed by atoms with Gasteiger partial charge in [0.2, 0.25) is 0 Å². The number of pyridine rings is 1. The van der Waals surface area contributed by atoms with Gasteiger partial charge in [-0.05, 0) is 43.2 Å². The third-order valence-corrected chi connectivity index (χ3v) is 3.56. The highest BCUT2D eigenvalue weighted by Crippen LogP contribution is 2.31. The summed E-state index contributed by atoms with van der Waals surface area (Å²) in [6.45, 7) is 1.82. The maximum Gasteiger partial charge on any atom is 0.149 e. The van der Waals surface area contributed by atoms with Crippen molar-refractivity contribution in [2.45, 2.75) is 6.92 Å². The molecular weight excluding hydrogens is 312 g/mol. The molecule has 23 heavy (non-hydrogen) atoms. The van der Waals surface area contributed by atoms with Gasteiger partial charge in [0.1, 0.15) is 22.9 Å². The van der Waals surface area contributed by atoms with E-state index in [0.717, 1.165) is 11.1 Å². The van der Waals surface area contributed by atoms with Crippen LogP contribution in [0.15, 0.2) is 47.1 Å². The number of aromatic nitrogens is 2. The van der Waals surface area contributed by atoms with Crippen molar-refractivity contribution in [1.29, 1.82) is 0 Å². The number of hydrogen-bond acceptors (Lipinski definition) is 4. The van der Waals surface area contributed by atoms with Gasteiger partial charge in [-0.15, -0.1) is 0 Å². The van der Waals surface area contributed by atoms with Crippen LogP contribution in [-0.2, 0) is 0 Å². The molecule has 0 radical (unpaired) electrons. The molecule has 0 N–H and O–H groups in total. The zero-order chi connectivity index (χ0) is 16.2. The SMILES string of the molecule is COc1ccc(-c2noc(C)c2C#Cc2ccccn2)cc1Cl. The van der Waals surface area contributed by atoms with E-state index >= 15 is 0 Å². The first kappa shape index (κ1) is 15.1. The fourth-order valence-electron chi connectivity index (χ4n) is 2.09. The molecule has 3 rings (SSSR count). The summed E-state index contributed by atoms with van der Waals surface area (Å²) < 4.78 is 10.5. The lowest BCUT2D eigenvalue weighted by Crippen LogP contribution is -1.87. The number of aryl methyl sites for hydroxylation is 1. The van der Waals surface area contributed by atoms with Gasteiger partial charge in [0.15, 0.2) is 0 Å². The molecule has 0 aliphatic carbocycles. The van der Waals surface area contributed by atoms with Crippen LogP contribution < -0.4 is 4.74 Å². The smallest absolute Gasteiger partial charge is 0.149 e. The number of nitrogens with zero attached hydrogens (tertiary/aromatic N) is 2. The molecule has 0 fully saturated rings. The van der Waals surface area contributed by atoms with Gasteiger partial charge < -0.3 is 9.26 Å². The minimum absolute atomic E-state index is 0.509. The van der Waals surface area contributed by atoms with E-state index in [0.29, 0.717) is 27.9 Å². The molecule has 0 spiro atoms. The molecule has 0 bridgehead atoms. The van der Waals surface area contributed by atoms with Crippen molar-refractivity contribution in [1.82, 2.24) is 10.1 Å². The van der Waals surface area contributed by atoms with Crippen LogP contribution in [-0.4, -0.2) is 17.3 Å². The van der Waals surface area contributed by atoms with E-state index in [4.69, 9.17) is 20.9 Å². The number of halogens is 1. The van der Waals surface area contributed by atoms with Gasteiger partial charge in [-0.25, -0.2) is 4.98 Å². The monoisotopic (exact) mass is 324 g/mol. The topological polar surface area (TPSA) is 48.2 Å². The van der Waals surface area contributed by atoms with Gasteiger partial charge in [-0.2, -0.15) is 0 Å². The summed E-state index contributed by atoms with van der Waals surface area (Å²) in [7, 11) is 1.57. The Kier molecular flexibility index (Phi) is 4.31. The van der Waals surface area contributed by atoms with Crippen LogP contribution in [0.1, 0.15) is 17.0 Å². The third-order valence-electron chi connectivity index (χ3n) is 3.27. The van der Waals surface area contributed by atoms with Crippen molar-refractivity contribution < 1.29 is 9.26 Å². The van der Waals surface area contributed by atoms with E-state index in [9.17, 15) is 0 Å². The molecule has 0 saturated heterocycles. The second-order valence-corrected chi connectivity index (χ2v) is 5.18. The molecule has 0 saturated carbocycles. The molecule has 0 atom stereocenters. The summed E-state index contributed by atoms with van der Waals surface area (Å²) >= 11 is 6.18. The van der Waals surface area contributed by atoms with Gasteiger partial charge in [0.25, 0.3) is 0 Å². The van der Waals surface area contributed by atoms with Gasteiger partial charge in [0, 0.05) is 11.8 Å². The fourth-order valence-corrected chi connectivity index (χ4v) is 2.35. The van der Waals surface area contributed by atoms with E-state index < -0.39 is 0 Å². The Labute approximate surface area is 139 Å². The summed E-state index contributed by atoms with van der Waals surface area (Å²) in [6, 6.07) is 11.0. The Bertz CT molecular complexity index is 892. The lowest BCUT2D eigenvalue weighted by molar-refractivity contribution is 0.399. The number of benzene rings is 1. The van der Waals surface area contributed by atoms with E-state index in [1.165, 1.54) is 0 Å². The normalized spacial score (nSPS) is 10.0. The summed E-state index contributed by atoms with van der Waals surface area (Å²) in [5.74, 6) is 7.35. The second kappa shape index (κ2) is 6.55. The van der Waals surface area contributed by atoms with Gasteiger partial charge in [-0.3, -0.25) is 0 Å². The van der Waals surface area contributed by atoms with Crippen molar-refractivity contribution in [2.24, 2.45) is 0 Å². The van der Waals surface area contributed by atoms with Crippen LogP contribution in [0.25, 0.3) is 11.3 Å². The van der Waals surface area contributed by atoms with E-state index in [1.807, 2.05) is 31.2 Å². The number of ether oxygens (including phenoxy) is 1. The van der Waals surface area contributed by atoms with Crippen molar-refractivity contribution in [2.75, 3.05) is 7.11 Å². The summed E-state index contributed by atoms with van der Waals surface area (Å²) in [5, 5.41) is 4.61. The quantitative estimate of drug-likeness (QED) is 0.666. The van der Waals surface area contributed by atoms with Crippen LogP contribution in [0.5, 0.6) is 5.75 Å². The molecule has 0 amide bonds. The molecule has 1 aromatic carbocycles. The van der Waals surface area contributed by atoms with Crippen molar-refractivity contribution in [3.63, 3.8) is 0 Å². The molecule has 2 heterocycles. The minimum atomic E-state index is 0.509. The first-order valence-corrected chi connectivity index (χ1v) is 7.30. The highest BCUT2D eigenvalue weighted by Gasteiger charge is 2.14.